The van der Waals surface area contributed by atoms with E-state index in [1.54, 1.807) is 7.11 Å². The topological polar surface area (TPSA) is 46.2 Å². The summed E-state index contributed by atoms with van der Waals surface area (Å²) in [5.41, 5.74) is 6.87. The molecule has 6 rings (SSSR count). The molecule has 0 bridgehead atoms. The van der Waals surface area contributed by atoms with Gasteiger partial charge in [0.25, 0.3) is 0 Å². The van der Waals surface area contributed by atoms with E-state index in [2.05, 4.69) is 94.4 Å². The highest BCUT2D eigenvalue weighted by molar-refractivity contribution is 6.05. The summed E-state index contributed by atoms with van der Waals surface area (Å²) in [5, 5.41) is 16.0. The van der Waals surface area contributed by atoms with Crippen LogP contribution < -0.4 is 4.57 Å². The monoisotopic (exact) mass is 479 g/mol. The van der Waals surface area contributed by atoms with E-state index in [0.29, 0.717) is 0 Å². The third-order valence-electron chi connectivity index (χ3n) is 8.10. The van der Waals surface area contributed by atoms with Gasteiger partial charge < -0.3 is 9.84 Å². The predicted octanol–water partition coefficient (Wildman–Crippen LogP) is 6.36. The van der Waals surface area contributed by atoms with Gasteiger partial charge in [-0.15, -0.1) is 0 Å². The lowest BCUT2D eigenvalue weighted by Crippen LogP contribution is -2.51. The first-order valence-electron chi connectivity index (χ1n) is 12.8. The Morgan fingerprint density at radius 2 is 1.92 bits per heavy atom. The molecule has 0 saturated carbocycles. The summed E-state index contributed by atoms with van der Waals surface area (Å²) in [6.45, 7) is 15.6. The number of benzene rings is 2. The number of rotatable bonds is 4. The van der Waals surface area contributed by atoms with E-state index in [9.17, 15) is 5.11 Å². The van der Waals surface area contributed by atoms with Gasteiger partial charge in [-0.1, -0.05) is 65.5 Å². The smallest absolute Gasteiger partial charge is 0.223 e. The summed E-state index contributed by atoms with van der Waals surface area (Å²) in [6, 6.07) is 15.2. The molecule has 2 aromatic carbocycles. The van der Waals surface area contributed by atoms with Crippen molar-refractivity contribution in [3.63, 3.8) is 0 Å². The molecule has 0 saturated heterocycles. The Morgan fingerprint density at radius 3 is 2.61 bits per heavy atom. The Hall–Kier alpha value is -3.08. The maximum atomic E-state index is 11.1. The highest BCUT2D eigenvalue weighted by Crippen LogP contribution is 2.55. The van der Waals surface area contributed by atoms with Gasteiger partial charge in [0.2, 0.25) is 5.69 Å². The molecule has 4 nitrogen and oxygen atoms in total. The second-order valence-corrected chi connectivity index (χ2v) is 12.2. The maximum absolute atomic E-state index is 11.1. The molecular formula is C32H35N2O2+. The number of hydrogen-bond acceptors (Lipinski definition) is 3. The van der Waals surface area contributed by atoms with Crippen LogP contribution in [0.15, 0.2) is 61.3 Å². The number of nitrogens with zero attached hydrogens (tertiary/aromatic N) is 2. The van der Waals surface area contributed by atoms with E-state index in [1.807, 2.05) is 6.08 Å². The average molecular weight is 480 g/mol. The number of allylic oxidation sites excluding steroid dienone is 1. The molecule has 2 aliphatic rings. The maximum Gasteiger partial charge on any atom is 0.223 e. The number of ether oxygens (including phenoxy) is 1. The van der Waals surface area contributed by atoms with Crippen LogP contribution in [0, 0.1) is 5.41 Å². The third kappa shape index (κ3) is 3.14. The van der Waals surface area contributed by atoms with E-state index >= 15 is 0 Å². The van der Waals surface area contributed by atoms with Gasteiger partial charge in [0.1, 0.15) is 5.92 Å². The van der Waals surface area contributed by atoms with Crippen LogP contribution in [-0.2, 0) is 16.6 Å². The number of aliphatic hydroxyl groups excluding tert-OH is 1. The molecule has 3 heterocycles. The number of hydrogen-bond donors (Lipinski definition) is 1. The van der Waals surface area contributed by atoms with Crippen molar-refractivity contribution in [3.8, 4) is 11.3 Å². The zero-order valence-electron chi connectivity index (χ0n) is 22.1. The van der Waals surface area contributed by atoms with Gasteiger partial charge in [0.15, 0.2) is 18.5 Å². The fourth-order valence-electron chi connectivity index (χ4n) is 6.69. The quantitative estimate of drug-likeness (QED) is 0.210. The van der Waals surface area contributed by atoms with Crippen molar-refractivity contribution in [3.05, 3.63) is 83.8 Å². The summed E-state index contributed by atoms with van der Waals surface area (Å²) >= 11 is 0. The van der Waals surface area contributed by atoms with Crippen LogP contribution in [0.5, 0.6) is 0 Å². The molecule has 3 unspecified atom stereocenters. The first-order chi connectivity index (χ1) is 17.1. The van der Waals surface area contributed by atoms with E-state index in [-0.39, 0.29) is 22.8 Å². The molecule has 1 aliphatic heterocycles. The Balaban J connectivity index is 1.82. The predicted molar refractivity (Wildman–Crippen MR) is 145 cm³/mol. The van der Waals surface area contributed by atoms with Gasteiger partial charge in [0, 0.05) is 24.3 Å². The Morgan fingerprint density at radius 1 is 1.17 bits per heavy atom. The minimum absolute atomic E-state index is 0.143. The molecule has 2 aromatic heterocycles. The second-order valence-electron chi connectivity index (χ2n) is 12.2. The number of aliphatic hydroxyl groups is 1. The molecule has 184 valence electrons. The first kappa shape index (κ1) is 23.3. The number of methoxy groups -OCH3 is 1. The Bertz CT molecular complexity index is 1560. The van der Waals surface area contributed by atoms with Crippen LogP contribution in [0.25, 0.3) is 32.8 Å². The lowest BCUT2D eigenvalue weighted by Gasteiger charge is -2.40. The molecule has 36 heavy (non-hydrogen) atoms. The molecule has 0 fully saturated rings. The Kier molecular flexibility index (Phi) is 4.99. The van der Waals surface area contributed by atoms with Crippen LogP contribution in [0.3, 0.4) is 0 Å². The van der Waals surface area contributed by atoms with Gasteiger partial charge in [-0.2, -0.15) is 4.57 Å². The summed E-state index contributed by atoms with van der Waals surface area (Å²) in [6.07, 6.45) is 4.06. The molecular weight excluding hydrogens is 444 g/mol. The van der Waals surface area contributed by atoms with Crippen LogP contribution in [0.2, 0.25) is 0 Å². The average Bonchev–Trinajstić information content (AvgIpc) is 2.83. The lowest BCUT2D eigenvalue weighted by atomic mass is 9.66. The third-order valence-corrected chi connectivity index (χ3v) is 8.10. The van der Waals surface area contributed by atoms with Gasteiger partial charge in [0.05, 0.1) is 16.6 Å². The highest BCUT2D eigenvalue weighted by atomic mass is 16.6. The summed E-state index contributed by atoms with van der Waals surface area (Å²) < 4.78 is 7.83. The lowest BCUT2D eigenvalue weighted by molar-refractivity contribution is -0.708. The number of fused-ring (bicyclic) bond motifs is 2. The molecule has 0 spiro atoms. The van der Waals surface area contributed by atoms with Crippen molar-refractivity contribution in [1.82, 2.24) is 4.98 Å². The second kappa shape index (κ2) is 7.71. The van der Waals surface area contributed by atoms with Gasteiger partial charge in [-0.3, -0.25) is 4.98 Å². The van der Waals surface area contributed by atoms with Crippen LogP contribution >= 0.6 is 0 Å². The molecule has 4 aromatic rings. The Labute approximate surface area is 213 Å². The molecule has 3 atom stereocenters. The summed E-state index contributed by atoms with van der Waals surface area (Å²) in [5.74, 6) is -0.272. The minimum atomic E-state index is -0.952. The van der Waals surface area contributed by atoms with Crippen LogP contribution in [0.1, 0.15) is 69.1 Å². The van der Waals surface area contributed by atoms with Crippen molar-refractivity contribution in [2.24, 2.45) is 5.41 Å². The molecule has 0 radical (unpaired) electrons. The zero-order chi connectivity index (χ0) is 25.6. The molecule has 4 heteroatoms. The standard InChI is InChI=1S/C32H35N2O2/c1-8-23-25(30(35)36-7)22-16-18-11-9-10-12-21(18)27-26(22)28-24-19(13-14-34(23)28)15-20(17-31(2,3)4)33-29(24)32(27,5)6/h8-16,23,25,30,35H,1,17H2,2-7H3/q+1. The van der Waals surface area contributed by atoms with Crippen molar-refractivity contribution in [1.29, 1.82) is 0 Å². The summed E-state index contributed by atoms with van der Waals surface area (Å²) in [4.78, 5) is 5.38. The van der Waals surface area contributed by atoms with Crippen LogP contribution in [0.4, 0.5) is 0 Å². The SMILES string of the molecule is C=CC1C(C(O)OC)c2cc3ccccc3c3c2-c2c4c(nc(CC(C)(C)C)cc4cc[n+]21)C3(C)C. The van der Waals surface area contributed by atoms with Crippen molar-refractivity contribution >= 4 is 21.5 Å². The van der Waals surface area contributed by atoms with E-state index < -0.39 is 6.29 Å². The number of aromatic nitrogens is 2. The molecule has 1 N–H and O–H groups in total. The fourth-order valence-corrected chi connectivity index (χ4v) is 6.69. The fraction of sp³-hybridized carbons (Fsp3) is 0.375. The minimum Gasteiger partial charge on any atom is -0.367 e. The van der Waals surface area contributed by atoms with Gasteiger partial charge >= 0.3 is 0 Å². The summed E-state index contributed by atoms with van der Waals surface area (Å²) in [7, 11) is 1.57. The van der Waals surface area contributed by atoms with E-state index in [1.165, 1.54) is 38.4 Å². The van der Waals surface area contributed by atoms with E-state index in [0.717, 1.165) is 23.4 Å². The number of pyridine rings is 2. The normalized spacial score (nSPS) is 20.5. The van der Waals surface area contributed by atoms with Crippen LogP contribution in [-0.4, -0.2) is 23.5 Å². The first-order valence-corrected chi connectivity index (χ1v) is 12.8. The van der Waals surface area contributed by atoms with Crippen molar-refractivity contribution in [2.45, 2.75) is 64.7 Å². The molecule has 1 aliphatic carbocycles. The van der Waals surface area contributed by atoms with Crippen molar-refractivity contribution in [2.75, 3.05) is 7.11 Å². The van der Waals surface area contributed by atoms with Gasteiger partial charge in [-0.05, 0) is 57.3 Å². The molecule has 0 amide bonds. The largest absolute Gasteiger partial charge is 0.367 e. The van der Waals surface area contributed by atoms with E-state index in [4.69, 9.17) is 9.72 Å². The van der Waals surface area contributed by atoms with Gasteiger partial charge in [-0.25, -0.2) is 0 Å². The zero-order valence-corrected chi connectivity index (χ0v) is 22.1. The highest BCUT2D eigenvalue weighted by Gasteiger charge is 2.50. The van der Waals surface area contributed by atoms with Crippen molar-refractivity contribution < 1.29 is 14.4 Å².